The molecular weight excluding hydrogens is 354 g/mol. The van der Waals surface area contributed by atoms with Crippen molar-refractivity contribution >= 4 is 16.9 Å². The summed E-state index contributed by atoms with van der Waals surface area (Å²) < 4.78 is 12.1. The van der Waals surface area contributed by atoms with E-state index in [9.17, 15) is 9.59 Å². The van der Waals surface area contributed by atoms with Crippen molar-refractivity contribution in [3.05, 3.63) is 39.2 Å². The van der Waals surface area contributed by atoms with E-state index in [0.29, 0.717) is 11.1 Å². The van der Waals surface area contributed by atoms with Crippen LogP contribution in [-0.4, -0.2) is 17.6 Å². The molecule has 1 aliphatic heterocycles. The Bertz CT molecular complexity index is 996. The van der Waals surface area contributed by atoms with E-state index in [1.165, 1.54) is 24.8 Å². The highest BCUT2D eigenvalue weighted by Gasteiger charge is 2.37. The molecule has 3 aliphatic rings. The SMILES string of the molecule is Cc1c(CC(=O)NC2CC2)c(=O)oc2cc3c(cc12)CCC1(CCCCC1)O3. The van der Waals surface area contributed by atoms with Crippen molar-refractivity contribution in [2.45, 2.75) is 82.8 Å². The maximum absolute atomic E-state index is 12.6. The first-order chi connectivity index (χ1) is 13.5. The van der Waals surface area contributed by atoms with Crippen molar-refractivity contribution in [2.75, 3.05) is 0 Å². The predicted molar refractivity (Wildman–Crippen MR) is 107 cm³/mol. The summed E-state index contributed by atoms with van der Waals surface area (Å²) in [5.74, 6) is 0.764. The van der Waals surface area contributed by atoms with E-state index in [1.807, 2.05) is 13.0 Å². The standard InChI is InChI=1S/C23H27NO4/c1-14-17-11-15-7-10-23(8-3-2-4-9-23)28-19(15)13-20(17)27-22(26)18(14)12-21(25)24-16-5-6-16/h11,13,16H,2-10,12H2,1H3,(H,24,25). The van der Waals surface area contributed by atoms with Gasteiger partial charge in [-0.25, -0.2) is 4.79 Å². The van der Waals surface area contributed by atoms with E-state index in [0.717, 1.165) is 55.2 Å². The number of carbonyl (C=O) groups is 1. The van der Waals surface area contributed by atoms with Gasteiger partial charge in [0.05, 0.1) is 12.0 Å². The molecule has 148 valence electrons. The zero-order valence-corrected chi connectivity index (χ0v) is 16.4. The molecule has 2 heterocycles. The molecule has 2 aliphatic carbocycles. The smallest absolute Gasteiger partial charge is 0.340 e. The summed E-state index contributed by atoms with van der Waals surface area (Å²) >= 11 is 0. The van der Waals surface area contributed by atoms with Crippen molar-refractivity contribution in [1.29, 1.82) is 0 Å². The lowest BCUT2D eigenvalue weighted by Crippen LogP contribution is -2.41. The fourth-order valence-corrected chi connectivity index (χ4v) is 4.82. The number of carbonyl (C=O) groups excluding carboxylic acids is 1. The molecule has 1 spiro atoms. The summed E-state index contributed by atoms with van der Waals surface area (Å²) in [7, 11) is 0. The zero-order chi connectivity index (χ0) is 19.3. The van der Waals surface area contributed by atoms with Crippen LogP contribution >= 0.6 is 0 Å². The van der Waals surface area contributed by atoms with Gasteiger partial charge in [0.15, 0.2) is 0 Å². The molecule has 5 heteroatoms. The van der Waals surface area contributed by atoms with Gasteiger partial charge in [-0.05, 0) is 75.5 Å². The van der Waals surface area contributed by atoms with Gasteiger partial charge in [0.25, 0.3) is 0 Å². The Morgan fingerprint density at radius 2 is 1.96 bits per heavy atom. The Hall–Kier alpha value is -2.30. The molecular formula is C23H27NO4. The Balaban J connectivity index is 1.49. The summed E-state index contributed by atoms with van der Waals surface area (Å²) in [4.78, 5) is 24.8. The summed E-state index contributed by atoms with van der Waals surface area (Å²) in [5, 5.41) is 3.86. The lowest BCUT2D eigenvalue weighted by molar-refractivity contribution is -0.120. The van der Waals surface area contributed by atoms with E-state index in [4.69, 9.17) is 9.15 Å². The third kappa shape index (κ3) is 3.21. The van der Waals surface area contributed by atoms with E-state index in [-0.39, 0.29) is 24.0 Å². The number of ether oxygens (including phenoxy) is 1. The molecule has 1 aromatic carbocycles. The van der Waals surface area contributed by atoms with Gasteiger partial charge >= 0.3 is 5.63 Å². The molecule has 5 rings (SSSR count). The Morgan fingerprint density at radius 3 is 2.71 bits per heavy atom. The highest BCUT2D eigenvalue weighted by Crippen LogP contribution is 2.43. The number of hydrogen-bond acceptors (Lipinski definition) is 4. The van der Waals surface area contributed by atoms with Crippen LogP contribution in [0.5, 0.6) is 5.75 Å². The van der Waals surface area contributed by atoms with Crippen molar-refractivity contribution in [1.82, 2.24) is 5.32 Å². The van der Waals surface area contributed by atoms with Crippen LogP contribution in [0.25, 0.3) is 11.0 Å². The quantitative estimate of drug-likeness (QED) is 0.818. The molecule has 2 saturated carbocycles. The zero-order valence-electron chi connectivity index (χ0n) is 16.4. The van der Waals surface area contributed by atoms with Crippen LogP contribution in [0.2, 0.25) is 0 Å². The second-order valence-electron chi connectivity index (χ2n) is 8.81. The molecule has 0 saturated heterocycles. The monoisotopic (exact) mass is 381 g/mol. The number of aryl methyl sites for hydroxylation is 2. The summed E-state index contributed by atoms with van der Waals surface area (Å²) in [6.07, 6.45) is 10.2. The minimum absolute atomic E-state index is 0.0326. The number of nitrogens with one attached hydrogen (secondary N) is 1. The number of fused-ring (bicyclic) bond motifs is 2. The summed E-state index contributed by atoms with van der Waals surface area (Å²) in [5.41, 5.74) is 2.59. The van der Waals surface area contributed by atoms with Crippen molar-refractivity contribution in [3.8, 4) is 5.75 Å². The van der Waals surface area contributed by atoms with Crippen molar-refractivity contribution < 1.29 is 13.9 Å². The molecule has 0 unspecified atom stereocenters. The van der Waals surface area contributed by atoms with Crippen LogP contribution in [0.3, 0.4) is 0 Å². The molecule has 0 bridgehead atoms. The van der Waals surface area contributed by atoms with Crippen LogP contribution in [0.4, 0.5) is 0 Å². The molecule has 0 atom stereocenters. The molecule has 0 radical (unpaired) electrons. The van der Waals surface area contributed by atoms with Gasteiger partial charge in [-0.15, -0.1) is 0 Å². The lowest BCUT2D eigenvalue weighted by atomic mass is 9.79. The fourth-order valence-electron chi connectivity index (χ4n) is 4.82. The molecule has 28 heavy (non-hydrogen) atoms. The first-order valence-corrected chi connectivity index (χ1v) is 10.6. The molecule has 2 aromatic rings. The number of amides is 1. The second-order valence-corrected chi connectivity index (χ2v) is 8.81. The van der Waals surface area contributed by atoms with Crippen LogP contribution in [0, 0.1) is 6.92 Å². The first-order valence-electron chi connectivity index (χ1n) is 10.6. The number of rotatable bonds is 3. The van der Waals surface area contributed by atoms with Crippen molar-refractivity contribution in [3.63, 3.8) is 0 Å². The Morgan fingerprint density at radius 1 is 1.18 bits per heavy atom. The van der Waals surface area contributed by atoms with E-state index >= 15 is 0 Å². The second kappa shape index (κ2) is 6.64. The average molecular weight is 381 g/mol. The maximum atomic E-state index is 12.6. The van der Waals surface area contributed by atoms with E-state index in [1.54, 1.807) is 0 Å². The van der Waals surface area contributed by atoms with Crippen LogP contribution in [0.15, 0.2) is 21.3 Å². The van der Waals surface area contributed by atoms with Gasteiger partial charge in [0.1, 0.15) is 16.9 Å². The third-order valence-corrected chi connectivity index (χ3v) is 6.69. The van der Waals surface area contributed by atoms with Crippen LogP contribution in [-0.2, 0) is 17.6 Å². The van der Waals surface area contributed by atoms with Gasteiger partial charge in [0, 0.05) is 17.5 Å². The third-order valence-electron chi connectivity index (χ3n) is 6.69. The Labute approximate surface area is 164 Å². The summed E-state index contributed by atoms with van der Waals surface area (Å²) in [6, 6.07) is 4.28. The molecule has 1 N–H and O–H groups in total. The van der Waals surface area contributed by atoms with Crippen LogP contribution in [0.1, 0.15) is 68.1 Å². The topological polar surface area (TPSA) is 68.5 Å². The van der Waals surface area contributed by atoms with Gasteiger partial charge in [-0.3, -0.25) is 4.79 Å². The highest BCUT2D eigenvalue weighted by molar-refractivity contribution is 5.86. The average Bonchev–Trinajstić information content (AvgIpc) is 3.48. The maximum Gasteiger partial charge on any atom is 0.340 e. The Kier molecular flexibility index (Phi) is 4.22. The largest absolute Gasteiger partial charge is 0.487 e. The molecule has 1 aromatic heterocycles. The molecule has 5 nitrogen and oxygen atoms in total. The van der Waals surface area contributed by atoms with E-state index in [2.05, 4.69) is 11.4 Å². The minimum atomic E-state index is -0.418. The number of hydrogen-bond donors (Lipinski definition) is 1. The van der Waals surface area contributed by atoms with Crippen molar-refractivity contribution in [2.24, 2.45) is 0 Å². The van der Waals surface area contributed by atoms with Gasteiger partial charge < -0.3 is 14.5 Å². The van der Waals surface area contributed by atoms with Crippen LogP contribution < -0.4 is 15.7 Å². The van der Waals surface area contributed by atoms with Gasteiger partial charge in [-0.1, -0.05) is 6.42 Å². The van der Waals surface area contributed by atoms with Gasteiger partial charge in [-0.2, -0.15) is 0 Å². The lowest BCUT2D eigenvalue weighted by Gasteiger charge is -2.41. The normalized spacial score (nSPS) is 20.6. The minimum Gasteiger partial charge on any atom is -0.487 e. The number of benzene rings is 1. The van der Waals surface area contributed by atoms with E-state index < -0.39 is 5.63 Å². The first kappa shape index (κ1) is 17.8. The predicted octanol–water partition coefficient (Wildman–Crippen LogP) is 3.95. The highest BCUT2D eigenvalue weighted by atomic mass is 16.5. The summed E-state index contributed by atoms with van der Waals surface area (Å²) in [6.45, 7) is 1.91. The fraction of sp³-hybridized carbons (Fsp3) is 0.565. The molecule has 2 fully saturated rings. The molecule has 1 amide bonds. The van der Waals surface area contributed by atoms with Gasteiger partial charge in [0.2, 0.25) is 5.91 Å².